The minimum atomic E-state index is -2.79. The first-order valence-corrected chi connectivity index (χ1v) is 4.12. The van der Waals surface area contributed by atoms with E-state index in [1.807, 2.05) is 0 Å². The molecule has 0 saturated carbocycles. The van der Waals surface area contributed by atoms with E-state index in [1.54, 1.807) is 0 Å². The van der Waals surface area contributed by atoms with Crippen LogP contribution in [0.15, 0.2) is 0 Å². The van der Waals surface area contributed by atoms with Crippen LogP contribution in [0.4, 0.5) is 13.6 Å². The number of rotatable bonds is 1. The highest BCUT2D eigenvalue weighted by atomic mass is 19.3. The Labute approximate surface area is 79.1 Å². The lowest BCUT2D eigenvalue weighted by Crippen LogP contribution is -2.57. The van der Waals surface area contributed by atoms with Crippen LogP contribution in [-0.4, -0.2) is 52.9 Å². The molecule has 0 radical (unpaired) electrons. The number of amides is 2. The number of likely N-dealkylation sites (tertiary alicyclic amines) is 1. The summed E-state index contributed by atoms with van der Waals surface area (Å²) in [7, 11) is 0. The summed E-state index contributed by atoms with van der Waals surface area (Å²) in [4.78, 5) is 11.6. The van der Waals surface area contributed by atoms with Crippen LogP contribution in [0, 0.1) is 5.92 Å². The summed E-state index contributed by atoms with van der Waals surface area (Å²) in [6.07, 6.45) is -5.66. The van der Waals surface area contributed by atoms with E-state index in [2.05, 4.69) is 0 Å². The molecule has 0 unspecified atom stereocenters. The monoisotopic (exact) mass is 210 g/mol. The van der Waals surface area contributed by atoms with Gasteiger partial charge in [0.2, 0.25) is 6.43 Å². The number of aliphatic hydroxyl groups is 2. The van der Waals surface area contributed by atoms with Gasteiger partial charge in [0.05, 0.1) is 24.7 Å². The van der Waals surface area contributed by atoms with E-state index >= 15 is 0 Å². The molecule has 4 N–H and O–H groups in total. The Morgan fingerprint density at radius 2 is 2.00 bits per heavy atom. The molecule has 1 aliphatic rings. The molecule has 1 rings (SSSR count). The van der Waals surface area contributed by atoms with Crippen molar-refractivity contribution in [2.45, 2.75) is 18.6 Å². The van der Waals surface area contributed by atoms with Gasteiger partial charge in [-0.25, -0.2) is 13.6 Å². The molecule has 5 nitrogen and oxygen atoms in total. The van der Waals surface area contributed by atoms with Crippen LogP contribution in [0.2, 0.25) is 0 Å². The second-order valence-electron chi connectivity index (χ2n) is 3.30. The van der Waals surface area contributed by atoms with Crippen molar-refractivity contribution in [3.63, 3.8) is 0 Å². The highest BCUT2D eigenvalue weighted by molar-refractivity contribution is 5.72. The fraction of sp³-hybridized carbons (Fsp3) is 0.857. The predicted molar refractivity (Wildman–Crippen MR) is 42.7 cm³/mol. The second-order valence-corrected chi connectivity index (χ2v) is 3.30. The number of β-amino-alcohol motifs (C(OH)–C–C–N with tert-alkyl or cyclic N) is 1. The predicted octanol–water partition coefficient (Wildman–Crippen LogP) is -1.02. The first kappa shape index (κ1) is 11.1. The van der Waals surface area contributed by atoms with Gasteiger partial charge in [0, 0.05) is 6.54 Å². The average Bonchev–Trinajstić information content (AvgIpc) is 2.08. The van der Waals surface area contributed by atoms with Gasteiger partial charge in [-0.2, -0.15) is 0 Å². The first-order chi connectivity index (χ1) is 6.43. The maximum Gasteiger partial charge on any atom is 0.314 e. The van der Waals surface area contributed by atoms with Crippen LogP contribution in [-0.2, 0) is 0 Å². The zero-order chi connectivity index (χ0) is 10.9. The molecular weight excluding hydrogens is 198 g/mol. The van der Waals surface area contributed by atoms with Crippen molar-refractivity contribution < 1.29 is 23.8 Å². The summed E-state index contributed by atoms with van der Waals surface area (Å²) in [5, 5.41) is 18.4. The highest BCUT2D eigenvalue weighted by Crippen LogP contribution is 2.23. The average molecular weight is 210 g/mol. The summed E-state index contributed by atoms with van der Waals surface area (Å²) in [5.74, 6) is -1.44. The van der Waals surface area contributed by atoms with Crippen molar-refractivity contribution in [3.05, 3.63) is 0 Å². The lowest BCUT2D eigenvalue weighted by molar-refractivity contribution is -0.106. The molecule has 2 amide bonds. The van der Waals surface area contributed by atoms with Gasteiger partial charge in [-0.05, 0) is 0 Å². The number of primary amides is 1. The second kappa shape index (κ2) is 4.05. The molecule has 1 aliphatic heterocycles. The standard InChI is InChI=1S/C7H12F2N2O3/c8-6(9)3-1-11(7(10)14)2-4(12)5(3)13/h3-6,12-13H,1-2H2,(H2,10,14)/t3-,4+,5+/m0/s1. The Morgan fingerprint density at radius 3 is 2.43 bits per heavy atom. The van der Waals surface area contributed by atoms with Crippen molar-refractivity contribution in [2.75, 3.05) is 13.1 Å². The quantitative estimate of drug-likeness (QED) is 0.518. The number of nitrogens with two attached hydrogens (primary N) is 1. The van der Waals surface area contributed by atoms with E-state index in [0.717, 1.165) is 4.90 Å². The van der Waals surface area contributed by atoms with Gasteiger partial charge >= 0.3 is 6.03 Å². The molecule has 0 aliphatic carbocycles. The maximum absolute atomic E-state index is 12.3. The van der Waals surface area contributed by atoms with Crippen LogP contribution in [0.25, 0.3) is 0 Å². The summed E-state index contributed by atoms with van der Waals surface area (Å²) in [6, 6.07) is -0.874. The molecule has 0 spiro atoms. The van der Waals surface area contributed by atoms with Gasteiger partial charge in [-0.3, -0.25) is 0 Å². The summed E-state index contributed by atoms with van der Waals surface area (Å²) in [6.45, 7) is -0.537. The van der Waals surface area contributed by atoms with Crippen molar-refractivity contribution in [1.29, 1.82) is 0 Å². The molecule has 0 aromatic carbocycles. The van der Waals surface area contributed by atoms with Gasteiger partial charge in [-0.1, -0.05) is 0 Å². The summed E-state index contributed by atoms with van der Waals surface area (Å²) >= 11 is 0. The number of carbonyl (C=O) groups excluding carboxylic acids is 1. The number of hydrogen-bond donors (Lipinski definition) is 3. The summed E-state index contributed by atoms with van der Waals surface area (Å²) in [5.41, 5.74) is 4.89. The van der Waals surface area contributed by atoms with Gasteiger partial charge in [0.1, 0.15) is 0 Å². The normalized spacial score (nSPS) is 33.5. The largest absolute Gasteiger partial charge is 0.390 e. The van der Waals surface area contributed by atoms with Crippen LogP contribution in [0.3, 0.4) is 0 Å². The van der Waals surface area contributed by atoms with E-state index in [-0.39, 0.29) is 13.1 Å². The number of carbonyl (C=O) groups is 1. The Morgan fingerprint density at radius 1 is 1.43 bits per heavy atom. The minimum Gasteiger partial charge on any atom is -0.390 e. The number of hydrogen-bond acceptors (Lipinski definition) is 3. The van der Waals surface area contributed by atoms with Crippen molar-refractivity contribution in [3.8, 4) is 0 Å². The Balaban J connectivity index is 2.71. The molecule has 1 fully saturated rings. The lowest BCUT2D eigenvalue weighted by atomic mass is 9.93. The maximum atomic E-state index is 12.3. The van der Waals surface area contributed by atoms with E-state index in [0.29, 0.717) is 0 Å². The Hall–Kier alpha value is -0.950. The van der Waals surface area contributed by atoms with Crippen molar-refractivity contribution >= 4 is 6.03 Å². The van der Waals surface area contributed by atoms with Gasteiger partial charge in [0.15, 0.2) is 0 Å². The van der Waals surface area contributed by atoms with Crippen molar-refractivity contribution in [2.24, 2.45) is 11.7 Å². The van der Waals surface area contributed by atoms with E-state index < -0.39 is 30.6 Å². The molecular formula is C7H12F2N2O3. The molecule has 82 valence electrons. The van der Waals surface area contributed by atoms with E-state index in [4.69, 9.17) is 5.73 Å². The van der Waals surface area contributed by atoms with Crippen LogP contribution in [0.1, 0.15) is 0 Å². The summed E-state index contributed by atoms with van der Waals surface area (Å²) < 4.78 is 24.7. The first-order valence-electron chi connectivity index (χ1n) is 4.12. The van der Waals surface area contributed by atoms with Crippen LogP contribution >= 0.6 is 0 Å². The molecule has 1 saturated heterocycles. The molecule has 0 bridgehead atoms. The third-order valence-electron chi connectivity index (χ3n) is 2.31. The topological polar surface area (TPSA) is 86.8 Å². The lowest BCUT2D eigenvalue weighted by Gasteiger charge is -2.37. The number of nitrogens with zero attached hydrogens (tertiary/aromatic N) is 1. The number of alkyl halides is 2. The van der Waals surface area contributed by atoms with Crippen LogP contribution < -0.4 is 5.73 Å². The SMILES string of the molecule is NC(=O)N1C[C@@H](O)[C@H](O)[C@@H](C(F)F)C1. The molecule has 0 aromatic rings. The zero-order valence-electron chi connectivity index (χ0n) is 7.31. The number of piperidine rings is 1. The fourth-order valence-electron chi connectivity index (χ4n) is 1.46. The Kier molecular flexibility index (Phi) is 3.22. The smallest absolute Gasteiger partial charge is 0.314 e. The van der Waals surface area contributed by atoms with Crippen molar-refractivity contribution in [1.82, 2.24) is 4.90 Å². The number of urea groups is 1. The minimum absolute atomic E-state index is 0.209. The molecule has 3 atom stereocenters. The molecule has 7 heteroatoms. The highest BCUT2D eigenvalue weighted by Gasteiger charge is 2.40. The molecule has 0 aromatic heterocycles. The zero-order valence-corrected chi connectivity index (χ0v) is 7.31. The van der Waals surface area contributed by atoms with Gasteiger partial charge in [0.25, 0.3) is 0 Å². The van der Waals surface area contributed by atoms with E-state index in [9.17, 15) is 23.8 Å². The Bertz CT molecular complexity index is 227. The number of halogens is 2. The van der Waals surface area contributed by atoms with Gasteiger partial charge in [-0.15, -0.1) is 0 Å². The van der Waals surface area contributed by atoms with E-state index in [1.165, 1.54) is 0 Å². The van der Waals surface area contributed by atoms with Gasteiger partial charge < -0.3 is 20.8 Å². The van der Waals surface area contributed by atoms with Crippen LogP contribution in [0.5, 0.6) is 0 Å². The molecule has 1 heterocycles. The number of aliphatic hydroxyl groups excluding tert-OH is 2. The third-order valence-corrected chi connectivity index (χ3v) is 2.31. The third kappa shape index (κ3) is 2.10. The fourth-order valence-corrected chi connectivity index (χ4v) is 1.46. The molecule has 14 heavy (non-hydrogen) atoms.